The molecule has 1 saturated carbocycles. The minimum Gasteiger partial charge on any atom is -1.00 e. The Morgan fingerprint density at radius 2 is 1.43 bits per heavy atom. The fourth-order valence-electron chi connectivity index (χ4n) is 5.07. The first-order valence-electron chi connectivity index (χ1n) is 11.9. The molecule has 0 saturated heterocycles. The number of anilines is 1. The fraction of sp³-hybridized carbons (Fsp3) is 0.588. The Morgan fingerprint density at radius 1 is 0.932 bits per heavy atom. The molecule has 252 valence electrons. The number of phosphoric acid groups is 1. The van der Waals surface area contributed by atoms with Crippen LogP contribution in [0, 0.1) is 6.92 Å². The molecule has 1 aliphatic carbocycles. The Kier molecular flexibility index (Phi) is 11.9. The third-order valence-electron chi connectivity index (χ3n) is 6.84. The van der Waals surface area contributed by atoms with Crippen LogP contribution in [0.4, 0.5) is 5.82 Å². The second-order valence-electron chi connectivity index (χ2n) is 9.89. The highest BCUT2D eigenvalue weighted by atomic mass is 35.5. The highest BCUT2D eigenvalue weighted by molar-refractivity contribution is 7.87. The molecule has 0 amide bonds. The zero-order valence-corrected chi connectivity index (χ0v) is 28.4. The van der Waals surface area contributed by atoms with Gasteiger partial charge in [-0.1, -0.05) is 30.6 Å². The standard InChI is InChI=1S/C17H29N4O16P5S.ClH/c1-10-19-7-11(14(18)20-10)8-21-12(17(39(25,26)27,40(28,29)30)41(31,32)33)13(43-15(21)38(22,23)24)16(5-3-2-4-6-16)9-37-42(34,35)36;/h7H,2-6,8-9H2,1H3,(H11-,18,19,20,22,23,24,25,26,27,28,29,30,31,32,33,34,35,36);1H. The van der Waals surface area contributed by atoms with Crippen LogP contribution in [0.5, 0.6) is 0 Å². The van der Waals surface area contributed by atoms with Crippen LogP contribution in [0.1, 0.15) is 54.1 Å². The molecule has 0 spiro atoms. The molecule has 1 aliphatic rings. The predicted molar refractivity (Wildman–Crippen MR) is 147 cm³/mol. The number of halogens is 1. The molecular formula is C17H30ClN4O16P5S. The molecule has 0 aliphatic heterocycles. The van der Waals surface area contributed by atoms with Crippen molar-refractivity contribution < 1.29 is 93.3 Å². The number of nitrogens with zero attached hydrogens (tertiary/aromatic N) is 3. The summed E-state index contributed by atoms with van der Waals surface area (Å²) in [6.07, 6.45) is 1.52. The lowest BCUT2D eigenvalue weighted by Gasteiger charge is -2.38. The van der Waals surface area contributed by atoms with Gasteiger partial charge in [0.15, 0.2) is 6.54 Å². The van der Waals surface area contributed by atoms with E-state index in [0.29, 0.717) is 6.42 Å². The second kappa shape index (κ2) is 13.2. The van der Waals surface area contributed by atoms with E-state index < -0.39 is 76.7 Å². The van der Waals surface area contributed by atoms with Crippen molar-refractivity contribution in [3.63, 3.8) is 0 Å². The summed E-state index contributed by atoms with van der Waals surface area (Å²) in [6.45, 7) is -0.632. The van der Waals surface area contributed by atoms with Gasteiger partial charge in [-0.15, -0.1) is 0 Å². The molecule has 12 N–H and O–H groups in total. The smallest absolute Gasteiger partial charge is 0.469 e. The van der Waals surface area contributed by atoms with E-state index in [-0.39, 0.29) is 71.2 Å². The summed E-state index contributed by atoms with van der Waals surface area (Å²) >= 11 is 0.00773. The number of phosphoric ester groups is 1. The minimum atomic E-state index is -6.77. The molecule has 2 heterocycles. The van der Waals surface area contributed by atoms with Gasteiger partial charge >= 0.3 is 47.6 Å². The quantitative estimate of drug-likeness (QED) is 0.0781. The molecule has 1 fully saturated rings. The summed E-state index contributed by atoms with van der Waals surface area (Å²) in [5, 5.41) is 0. The second-order valence-corrected chi connectivity index (χ2v) is 20.3. The fourth-order valence-corrected chi connectivity index (χ4v) is 13.8. The van der Waals surface area contributed by atoms with Crippen molar-refractivity contribution in [1.82, 2.24) is 9.97 Å². The lowest BCUT2D eigenvalue weighted by atomic mass is 9.73. The largest absolute Gasteiger partial charge is 1.00 e. The van der Waals surface area contributed by atoms with Crippen LogP contribution >= 0.6 is 49.5 Å². The van der Waals surface area contributed by atoms with Crippen molar-refractivity contribution in [2.24, 2.45) is 0 Å². The topological polar surface area (TPSA) is 353 Å². The zero-order chi connectivity index (χ0) is 33.0. The third kappa shape index (κ3) is 7.63. The van der Waals surface area contributed by atoms with E-state index in [4.69, 9.17) is 5.73 Å². The van der Waals surface area contributed by atoms with Gasteiger partial charge in [0.1, 0.15) is 11.6 Å². The average Bonchev–Trinajstić information content (AvgIpc) is 3.17. The van der Waals surface area contributed by atoms with Gasteiger partial charge in [-0.25, -0.2) is 19.1 Å². The van der Waals surface area contributed by atoms with Crippen molar-refractivity contribution in [3.05, 3.63) is 28.2 Å². The number of rotatable bonds is 11. The summed E-state index contributed by atoms with van der Waals surface area (Å²) in [5.74, 6) is -0.250. The van der Waals surface area contributed by atoms with Crippen molar-refractivity contribution in [2.45, 2.75) is 55.6 Å². The van der Waals surface area contributed by atoms with Crippen LogP contribution in [0.2, 0.25) is 0 Å². The van der Waals surface area contributed by atoms with Gasteiger partial charge < -0.3 is 67.1 Å². The first-order chi connectivity index (χ1) is 19.3. The van der Waals surface area contributed by atoms with Gasteiger partial charge in [0.05, 0.1) is 17.0 Å². The Balaban J connectivity index is 0.00000675. The molecular weight excluding hydrogens is 739 g/mol. The average molecular weight is 769 g/mol. The predicted octanol–water partition coefficient (Wildman–Crippen LogP) is -3.47. The summed E-state index contributed by atoms with van der Waals surface area (Å²) in [4.78, 5) is 109. The molecule has 0 atom stereocenters. The maximum atomic E-state index is 13.1. The molecule has 2 aromatic heterocycles. The van der Waals surface area contributed by atoms with Crippen molar-refractivity contribution in [2.75, 3.05) is 12.3 Å². The summed E-state index contributed by atoms with van der Waals surface area (Å²) < 4.78 is 62.8. The normalized spacial score (nSPS) is 16.9. The van der Waals surface area contributed by atoms with E-state index in [1.807, 2.05) is 0 Å². The summed E-state index contributed by atoms with van der Waals surface area (Å²) in [6, 6.07) is 0. The van der Waals surface area contributed by atoms with Gasteiger partial charge in [0.25, 0.3) is 0 Å². The lowest BCUT2D eigenvalue weighted by molar-refractivity contribution is -0.675. The van der Waals surface area contributed by atoms with Crippen LogP contribution in [-0.4, -0.2) is 65.5 Å². The number of thiazole rings is 1. The number of nitrogen functional groups attached to an aromatic ring is 1. The highest BCUT2D eigenvalue weighted by Crippen LogP contribution is 2.88. The minimum absolute atomic E-state index is 0. The van der Waals surface area contributed by atoms with E-state index in [1.54, 1.807) is 0 Å². The molecule has 3 rings (SSSR count). The van der Waals surface area contributed by atoms with Crippen LogP contribution < -0.4 is 27.5 Å². The Hall–Kier alpha value is -0.490. The Morgan fingerprint density at radius 3 is 1.84 bits per heavy atom. The molecule has 44 heavy (non-hydrogen) atoms. The van der Waals surface area contributed by atoms with Gasteiger partial charge in [0.2, 0.25) is 5.69 Å². The van der Waals surface area contributed by atoms with Crippen molar-refractivity contribution in [3.8, 4) is 0 Å². The number of aryl methyl sites for hydroxylation is 1. The maximum Gasteiger partial charge on any atom is 0.469 e. The Labute approximate surface area is 259 Å². The van der Waals surface area contributed by atoms with Crippen LogP contribution in [0.3, 0.4) is 0 Å². The zero-order valence-electron chi connectivity index (χ0n) is 22.4. The molecule has 0 aromatic carbocycles. The molecule has 0 bridgehead atoms. The number of hydrogen-bond donors (Lipinski definition) is 11. The molecule has 0 unspecified atom stereocenters. The van der Waals surface area contributed by atoms with E-state index in [1.165, 1.54) is 6.92 Å². The molecule has 0 radical (unpaired) electrons. The Bertz CT molecular complexity index is 1580. The van der Waals surface area contributed by atoms with Crippen LogP contribution in [0.15, 0.2) is 6.20 Å². The van der Waals surface area contributed by atoms with Crippen LogP contribution in [0.25, 0.3) is 0 Å². The van der Waals surface area contributed by atoms with Crippen LogP contribution in [-0.2, 0) is 43.9 Å². The third-order valence-corrected chi connectivity index (χ3v) is 18.0. The van der Waals surface area contributed by atoms with E-state index in [9.17, 15) is 71.8 Å². The van der Waals surface area contributed by atoms with Crippen molar-refractivity contribution in [1.29, 1.82) is 0 Å². The molecule has 20 nitrogen and oxygen atoms in total. The first-order valence-corrected chi connectivity index (χ1v) is 20.7. The van der Waals surface area contributed by atoms with Gasteiger partial charge in [-0.05, 0) is 19.8 Å². The molecule has 2 aromatic rings. The molecule has 27 heteroatoms. The van der Waals surface area contributed by atoms with Gasteiger partial charge in [0, 0.05) is 11.6 Å². The maximum absolute atomic E-state index is 13.1. The van der Waals surface area contributed by atoms with Gasteiger partial charge in [-0.3, -0.25) is 18.2 Å². The number of nitrogens with two attached hydrogens (primary N) is 1. The van der Waals surface area contributed by atoms with E-state index in [2.05, 4.69) is 14.5 Å². The van der Waals surface area contributed by atoms with E-state index in [0.717, 1.165) is 6.20 Å². The lowest BCUT2D eigenvalue weighted by Crippen LogP contribution is -3.00. The summed E-state index contributed by atoms with van der Waals surface area (Å²) in [5.41, 5.74) is 2.19. The number of aromatic nitrogens is 3. The van der Waals surface area contributed by atoms with E-state index >= 15 is 0 Å². The highest BCUT2D eigenvalue weighted by Gasteiger charge is 2.79. The van der Waals surface area contributed by atoms with Crippen molar-refractivity contribution >= 4 is 60.1 Å². The number of hydrogen-bond acceptors (Lipinski definition) is 10. The van der Waals surface area contributed by atoms with Gasteiger partial charge in [-0.2, -0.15) is 4.57 Å². The summed E-state index contributed by atoms with van der Waals surface area (Å²) in [7, 11) is -31.3. The first kappa shape index (κ1) is 39.7. The monoisotopic (exact) mass is 768 g/mol. The SMILES string of the molecule is Cc1ncc(C[n+]2c(P(=O)(O)O)sc(C3(COP(=O)(O)O)CCCCC3)c2C(P(=O)(O)O)(P(=O)(O)O)P(=O)(O)O)c(N)n1.[Cl-].